The largest absolute Gasteiger partial charge is 0.497 e. The van der Waals surface area contributed by atoms with Gasteiger partial charge in [0.15, 0.2) is 5.60 Å². The summed E-state index contributed by atoms with van der Waals surface area (Å²) in [6.45, 7) is 0.813. The van der Waals surface area contributed by atoms with Crippen molar-refractivity contribution in [1.82, 2.24) is 0 Å². The van der Waals surface area contributed by atoms with Crippen LogP contribution >= 0.6 is 0 Å². The number of benzene rings is 1. The number of methoxy groups -OCH3 is 2. The Morgan fingerprint density at radius 3 is 2.39 bits per heavy atom. The molecule has 0 aliphatic carbocycles. The van der Waals surface area contributed by atoms with Crippen LogP contribution in [0.1, 0.15) is 6.42 Å². The highest BCUT2D eigenvalue weighted by Gasteiger charge is 2.53. The fraction of sp³-hybridized carbons (Fsp3) is 0.462. The van der Waals surface area contributed by atoms with Crippen molar-refractivity contribution in [2.75, 3.05) is 27.4 Å². The maximum absolute atomic E-state index is 11.4. The molecule has 18 heavy (non-hydrogen) atoms. The minimum absolute atomic E-state index is 0.333. The van der Waals surface area contributed by atoms with Crippen molar-refractivity contribution in [2.45, 2.75) is 12.0 Å². The Balaban J connectivity index is 1.80. The first kappa shape index (κ1) is 12.7. The molecule has 1 saturated heterocycles. The summed E-state index contributed by atoms with van der Waals surface area (Å²) >= 11 is 0. The Morgan fingerprint density at radius 2 is 1.89 bits per heavy atom. The molecule has 0 bridgehead atoms. The summed E-state index contributed by atoms with van der Waals surface area (Å²) in [6.07, 6.45) is 0.492. The molecule has 1 unspecified atom stereocenters. The van der Waals surface area contributed by atoms with Crippen LogP contribution in [0.5, 0.6) is 11.5 Å². The fourth-order valence-electron chi connectivity index (χ4n) is 1.64. The molecule has 0 aromatic heterocycles. The number of hydrogen-bond acceptors (Lipinski definition) is 5. The van der Waals surface area contributed by atoms with E-state index in [4.69, 9.17) is 14.2 Å². The lowest BCUT2D eigenvalue weighted by Crippen LogP contribution is -2.28. The van der Waals surface area contributed by atoms with Gasteiger partial charge in [-0.15, -0.1) is 0 Å². The Kier molecular flexibility index (Phi) is 3.72. The van der Waals surface area contributed by atoms with Gasteiger partial charge in [-0.3, -0.25) is 0 Å². The molecule has 1 aromatic carbocycles. The molecule has 0 saturated carbocycles. The predicted molar refractivity (Wildman–Crippen MR) is 63.8 cm³/mol. The van der Waals surface area contributed by atoms with Crippen molar-refractivity contribution >= 4 is 5.97 Å². The lowest BCUT2D eigenvalue weighted by atomic mass is 10.1. The van der Waals surface area contributed by atoms with Crippen LogP contribution in [0.3, 0.4) is 0 Å². The monoisotopic (exact) mass is 252 g/mol. The maximum Gasteiger partial charge on any atom is 0.340 e. The zero-order valence-electron chi connectivity index (χ0n) is 10.5. The molecule has 0 spiro atoms. The molecule has 0 radical (unpaired) electrons. The summed E-state index contributed by atoms with van der Waals surface area (Å²) in [6, 6.07) is 7.27. The van der Waals surface area contributed by atoms with Crippen molar-refractivity contribution < 1.29 is 23.7 Å². The van der Waals surface area contributed by atoms with Crippen molar-refractivity contribution in [2.24, 2.45) is 0 Å². The van der Waals surface area contributed by atoms with Gasteiger partial charge < -0.3 is 18.9 Å². The zero-order valence-corrected chi connectivity index (χ0v) is 10.5. The highest BCUT2D eigenvalue weighted by molar-refractivity contribution is 5.82. The second-order valence-corrected chi connectivity index (χ2v) is 4.05. The molecular formula is C13H16O5. The van der Waals surface area contributed by atoms with Crippen LogP contribution in [0, 0.1) is 0 Å². The Labute approximate surface area is 106 Å². The molecule has 0 N–H and O–H groups in total. The van der Waals surface area contributed by atoms with Gasteiger partial charge in [0.05, 0.1) is 27.4 Å². The molecule has 5 heteroatoms. The van der Waals surface area contributed by atoms with E-state index >= 15 is 0 Å². The van der Waals surface area contributed by atoms with Gasteiger partial charge in [0.1, 0.15) is 11.5 Å². The van der Waals surface area contributed by atoms with E-state index in [9.17, 15) is 4.79 Å². The summed E-state index contributed by atoms with van der Waals surface area (Å²) in [5.74, 6) is 1.18. The topological polar surface area (TPSA) is 57.3 Å². The number of carbonyl (C=O) groups is 1. The van der Waals surface area contributed by atoms with Crippen LogP contribution in [0.4, 0.5) is 0 Å². The summed E-state index contributed by atoms with van der Waals surface area (Å²) in [5.41, 5.74) is -0.777. The Morgan fingerprint density at radius 1 is 1.28 bits per heavy atom. The van der Waals surface area contributed by atoms with E-state index < -0.39 is 5.60 Å². The van der Waals surface area contributed by atoms with Crippen molar-refractivity contribution in [1.29, 1.82) is 0 Å². The Bertz CT molecular complexity index is 408. The summed E-state index contributed by atoms with van der Waals surface area (Å²) in [5, 5.41) is 0. The Hall–Kier alpha value is -1.75. The molecule has 0 amide bonds. The molecule has 1 heterocycles. The standard InChI is InChI=1S/C13H16O5/c1-15-10-3-5-11(6-4-10)17-8-7-13(9-18-13)12(14)16-2/h3-6H,7-9H2,1-2H3. The molecular weight excluding hydrogens is 236 g/mol. The summed E-state index contributed by atoms with van der Waals surface area (Å²) in [4.78, 5) is 11.4. The number of ether oxygens (including phenoxy) is 4. The van der Waals surface area contributed by atoms with E-state index in [-0.39, 0.29) is 5.97 Å². The highest BCUT2D eigenvalue weighted by Crippen LogP contribution is 2.32. The van der Waals surface area contributed by atoms with E-state index in [1.54, 1.807) is 7.11 Å². The van der Waals surface area contributed by atoms with Crippen molar-refractivity contribution in [3.8, 4) is 11.5 Å². The average Bonchev–Trinajstić information content (AvgIpc) is 3.20. The van der Waals surface area contributed by atoms with E-state index in [1.165, 1.54) is 7.11 Å². The highest BCUT2D eigenvalue weighted by atomic mass is 16.6. The second kappa shape index (κ2) is 5.27. The molecule has 2 rings (SSSR count). The minimum atomic E-state index is -0.777. The van der Waals surface area contributed by atoms with E-state index in [0.717, 1.165) is 11.5 Å². The average molecular weight is 252 g/mol. The number of epoxide rings is 1. The molecule has 1 fully saturated rings. The maximum atomic E-state index is 11.4. The van der Waals surface area contributed by atoms with Gasteiger partial charge in [0.25, 0.3) is 0 Å². The number of esters is 1. The van der Waals surface area contributed by atoms with Crippen molar-refractivity contribution in [3.05, 3.63) is 24.3 Å². The van der Waals surface area contributed by atoms with Crippen LogP contribution in [0.2, 0.25) is 0 Å². The first-order valence-corrected chi connectivity index (χ1v) is 5.69. The van der Waals surface area contributed by atoms with Gasteiger partial charge in [-0.1, -0.05) is 0 Å². The quantitative estimate of drug-likeness (QED) is 0.566. The van der Waals surface area contributed by atoms with Gasteiger partial charge >= 0.3 is 5.97 Å². The molecule has 1 atom stereocenters. The molecule has 1 aliphatic heterocycles. The second-order valence-electron chi connectivity index (χ2n) is 4.05. The van der Waals surface area contributed by atoms with Crippen LogP contribution in [-0.2, 0) is 14.3 Å². The molecule has 5 nitrogen and oxygen atoms in total. The van der Waals surface area contributed by atoms with Crippen molar-refractivity contribution in [3.63, 3.8) is 0 Å². The first-order valence-electron chi connectivity index (χ1n) is 5.69. The number of rotatable bonds is 6. The van der Waals surface area contributed by atoms with Gasteiger partial charge in [-0.25, -0.2) is 4.79 Å². The number of hydrogen-bond donors (Lipinski definition) is 0. The summed E-state index contributed by atoms with van der Waals surface area (Å²) in [7, 11) is 2.97. The van der Waals surface area contributed by atoms with E-state index in [0.29, 0.717) is 19.6 Å². The van der Waals surface area contributed by atoms with Crippen LogP contribution < -0.4 is 9.47 Å². The van der Waals surface area contributed by atoms with Gasteiger partial charge in [0.2, 0.25) is 0 Å². The smallest absolute Gasteiger partial charge is 0.340 e. The third kappa shape index (κ3) is 2.73. The SMILES string of the molecule is COC(=O)C1(CCOc2ccc(OC)cc2)CO1. The fourth-order valence-corrected chi connectivity index (χ4v) is 1.64. The summed E-state index contributed by atoms with van der Waals surface area (Å²) < 4.78 is 20.4. The van der Waals surface area contributed by atoms with Crippen LogP contribution in [0.15, 0.2) is 24.3 Å². The number of carbonyl (C=O) groups excluding carboxylic acids is 1. The first-order chi connectivity index (χ1) is 8.70. The lowest BCUT2D eigenvalue weighted by Gasteiger charge is -2.10. The third-order valence-electron chi connectivity index (χ3n) is 2.88. The lowest BCUT2D eigenvalue weighted by molar-refractivity contribution is -0.147. The van der Waals surface area contributed by atoms with Gasteiger partial charge in [-0.05, 0) is 24.3 Å². The van der Waals surface area contributed by atoms with Crippen LogP contribution in [0.25, 0.3) is 0 Å². The minimum Gasteiger partial charge on any atom is -0.497 e. The zero-order chi connectivity index (χ0) is 13.0. The molecule has 98 valence electrons. The van der Waals surface area contributed by atoms with Crippen LogP contribution in [-0.4, -0.2) is 39.0 Å². The predicted octanol–water partition coefficient (Wildman–Crippen LogP) is 1.41. The van der Waals surface area contributed by atoms with E-state index in [1.807, 2.05) is 24.3 Å². The molecule has 1 aliphatic rings. The van der Waals surface area contributed by atoms with Gasteiger partial charge in [-0.2, -0.15) is 0 Å². The third-order valence-corrected chi connectivity index (χ3v) is 2.88. The molecule has 1 aromatic rings. The van der Waals surface area contributed by atoms with E-state index in [2.05, 4.69) is 4.74 Å². The van der Waals surface area contributed by atoms with Gasteiger partial charge in [0, 0.05) is 6.42 Å². The normalized spacial score (nSPS) is 21.2.